The van der Waals surface area contributed by atoms with Gasteiger partial charge in [-0.3, -0.25) is 14.5 Å². The number of hydrogen-bond acceptors (Lipinski definition) is 4. The van der Waals surface area contributed by atoms with Crippen LogP contribution in [0.2, 0.25) is 0 Å². The minimum absolute atomic E-state index is 0.211. The van der Waals surface area contributed by atoms with Gasteiger partial charge in [-0.1, -0.05) is 42.0 Å². The van der Waals surface area contributed by atoms with Crippen LogP contribution in [0.1, 0.15) is 23.6 Å². The van der Waals surface area contributed by atoms with E-state index in [4.69, 9.17) is 4.74 Å². The first-order valence-electron chi connectivity index (χ1n) is 8.10. The number of imide groups is 1. The Bertz CT molecular complexity index is 827. The molecule has 0 saturated carbocycles. The van der Waals surface area contributed by atoms with E-state index in [1.165, 1.54) is 10.5 Å². The Morgan fingerprint density at radius 1 is 1.12 bits per heavy atom. The lowest BCUT2D eigenvalue weighted by Crippen LogP contribution is -2.27. The predicted molar refractivity (Wildman–Crippen MR) is 100 cm³/mol. The average molecular weight is 353 g/mol. The summed E-state index contributed by atoms with van der Waals surface area (Å²) < 4.78 is 5.79. The van der Waals surface area contributed by atoms with Crippen molar-refractivity contribution in [2.24, 2.45) is 0 Å². The van der Waals surface area contributed by atoms with Crippen molar-refractivity contribution in [1.82, 2.24) is 4.90 Å². The van der Waals surface area contributed by atoms with Crippen LogP contribution in [-0.2, 0) is 11.4 Å². The summed E-state index contributed by atoms with van der Waals surface area (Å²) >= 11 is 0.982. The van der Waals surface area contributed by atoms with Crippen LogP contribution in [-0.4, -0.2) is 22.6 Å². The van der Waals surface area contributed by atoms with E-state index < -0.39 is 0 Å². The van der Waals surface area contributed by atoms with Crippen LogP contribution in [0.4, 0.5) is 4.79 Å². The normalized spacial score (nSPS) is 15.9. The van der Waals surface area contributed by atoms with E-state index in [0.29, 0.717) is 18.1 Å². The Balaban J connectivity index is 1.65. The molecule has 5 heteroatoms. The molecule has 0 aliphatic carbocycles. The fourth-order valence-corrected chi connectivity index (χ4v) is 3.46. The van der Waals surface area contributed by atoms with Gasteiger partial charge in [-0.2, -0.15) is 0 Å². The molecule has 0 unspecified atom stereocenters. The van der Waals surface area contributed by atoms with Crippen LogP contribution < -0.4 is 4.74 Å². The second kappa shape index (κ2) is 7.57. The molecule has 0 atom stereocenters. The molecule has 1 heterocycles. The molecule has 0 spiro atoms. The molecule has 1 fully saturated rings. The highest BCUT2D eigenvalue weighted by Gasteiger charge is 2.33. The Hall–Kier alpha value is -2.53. The van der Waals surface area contributed by atoms with E-state index >= 15 is 0 Å². The van der Waals surface area contributed by atoms with Crippen LogP contribution >= 0.6 is 11.8 Å². The standard InChI is InChI=1S/C20H19NO3S/c1-3-21-19(22)18(25-20(21)23)12-15-7-9-17(10-8-15)24-13-16-6-4-5-14(2)11-16/h4-12H,3,13H2,1-2H3/b18-12-. The van der Waals surface area contributed by atoms with E-state index in [9.17, 15) is 9.59 Å². The number of thioether (sulfide) groups is 1. The highest BCUT2D eigenvalue weighted by molar-refractivity contribution is 8.18. The molecule has 1 aliphatic rings. The van der Waals surface area contributed by atoms with Crippen molar-refractivity contribution in [2.45, 2.75) is 20.5 Å². The summed E-state index contributed by atoms with van der Waals surface area (Å²) in [7, 11) is 0. The van der Waals surface area contributed by atoms with Crippen LogP contribution in [0.5, 0.6) is 5.75 Å². The van der Waals surface area contributed by atoms with E-state index in [-0.39, 0.29) is 11.1 Å². The number of aryl methyl sites for hydroxylation is 1. The van der Waals surface area contributed by atoms with Gasteiger partial charge < -0.3 is 4.74 Å². The molecule has 128 valence electrons. The lowest BCUT2D eigenvalue weighted by molar-refractivity contribution is -0.122. The third kappa shape index (κ3) is 4.12. The maximum Gasteiger partial charge on any atom is 0.293 e. The lowest BCUT2D eigenvalue weighted by Gasteiger charge is -2.08. The molecular weight excluding hydrogens is 334 g/mol. The van der Waals surface area contributed by atoms with Crippen molar-refractivity contribution < 1.29 is 14.3 Å². The largest absolute Gasteiger partial charge is 0.489 e. The maximum atomic E-state index is 12.1. The molecule has 2 aromatic rings. The minimum atomic E-state index is -0.225. The maximum absolute atomic E-state index is 12.1. The molecule has 1 aliphatic heterocycles. The number of rotatable bonds is 5. The van der Waals surface area contributed by atoms with Crippen molar-refractivity contribution in [3.05, 3.63) is 70.1 Å². The second-order valence-corrected chi connectivity index (χ2v) is 6.77. The van der Waals surface area contributed by atoms with Crippen LogP contribution in [0.3, 0.4) is 0 Å². The first-order valence-corrected chi connectivity index (χ1v) is 8.92. The Morgan fingerprint density at radius 3 is 2.52 bits per heavy atom. The monoisotopic (exact) mass is 353 g/mol. The molecule has 1 saturated heterocycles. The first-order chi connectivity index (χ1) is 12.1. The highest BCUT2D eigenvalue weighted by atomic mass is 32.2. The molecule has 0 aromatic heterocycles. The third-order valence-corrected chi connectivity index (χ3v) is 4.76. The van der Waals surface area contributed by atoms with Crippen molar-refractivity contribution in [3.63, 3.8) is 0 Å². The molecule has 2 amide bonds. The number of hydrogen-bond donors (Lipinski definition) is 0. The second-order valence-electron chi connectivity index (χ2n) is 5.77. The molecule has 25 heavy (non-hydrogen) atoms. The Labute approximate surface area is 151 Å². The summed E-state index contributed by atoms with van der Waals surface area (Å²) in [5, 5.41) is -0.211. The Kier molecular flexibility index (Phi) is 5.24. The molecular formula is C20H19NO3S. The molecule has 0 radical (unpaired) electrons. The highest BCUT2D eigenvalue weighted by Crippen LogP contribution is 2.32. The van der Waals surface area contributed by atoms with E-state index in [0.717, 1.165) is 28.6 Å². The minimum Gasteiger partial charge on any atom is -0.489 e. The Morgan fingerprint density at radius 2 is 1.88 bits per heavy atom. The number of benzene rings is 2. The van der Waals surface area contributed by atoms with Crippen LogP contribution in [0.15, 0.2) is 53.4 Å². The summed E-state index contributed by atoms with van der Waals surface area (Å²) in [6.07, 6.45) is 1.74. The number of carbonyl (C=O) groups is 2. The van der Waals surface area contributed by atoms with Crippen molar-refractivity contribution in [2.75, 3.05) is 6.54 Å². The van der Waals surface area contributed by atoms with Crippen molar-refractivity contribution in [3.8, 4) is 5.75 Å². The fourth-order valence-electron chi connectivity index (χ4n) is 2.55. The quantitative estimate of drug-likeness (QED) is 0.735. The zero-order valence-electron chi connectivity index (χ0n) is 14.2. The summed E-state index contributed by atoms with van der Waals surface area (Å²) in [6, 6.07) is 15.7. The van der Waals surface area contributed by atoms with Crippen LogP contribution in [0, 0.1) is 6.92 Å². The lowest BCUT2D eigenvalue weighted by atomic mass is 10.1. The van der Waals surface area contributed by atoms with E-state index in [1.807, 2.05) is 36.4 Å². The number of ether oxygens (including phenoxy) is 1. The molecule has 0 N–H and O–H groups in total. The average Bonchev–Trinajstić information content (AvgIpc) is 2.87. The van der Waals surface area contributed by atoms with Gasteiger partial charge in [-0.15, -0.1) is 0 Å². The van der Waals surface area contributed by atoms with Crippen LogP contribution in [0.25, 0.3) is 6.08 Å². The topological polar surface area (TPSA) is 46.6 Å². The summed E-state index contributed by atoms with van der Waals surface area (Å²) in [6.45, 7) is 4.75. The zero-order valence-corrected chi connectivity index (χ0v) is 15.0. The van der Waals surface area contributed by atoms with Gasteiger partial charge in [0.05, 0.1) is 4.91 Å². The molecule has 4 nitrogen and oxygen atoms in total. The number of carbonyl (C=O) groups excluding carboxylic acids is 2. The smallest absolute Gasteiger partial charge is 0.293 e. The SMILES string of the molecule is CCN1C(=O)S/C(=C\c2ccc(OCc3cccc(C)c3)cc2)C1=O. The molecule has 0 bridgehead atoms. The van der Waals surface area contributed by atoms with Crippen molar-refractivity contribution in [1.29, 1.82) is 0 Å². The summed E-state index contributed by atoms with van der Waals surface area (Å²) in [4.78, 5) is 25.5. The predicted octanol–water partition coefficient (Wildman–Crippen LogP) is 4.63. The van der Waals surface area contributed by atoms with Gasteiger partial charge in [0.2, 0.25) is 0 Å². The number of likely N-dealkylation sites (N-methyl/N-ethyl adjacent to an activating group) is 1. The summed E-state index contributed by atoms with van der Waals surface area (Å²) in [5.74, 6) is 0.539. The third-order valence-electron chi connectivity index (χ3n) is 3.86. The molecule has 3 rings (SSSR count). The fraction of sp³-hybridized carbons (Fsp3) is 0.200. The number of nitrogens with zero attached hydrogens (tertiary/aromatic N) is 1. The van der Waals surface area contributed by atoms with Crippen molar-refractivity contribution >= 4 is 29.0 Å². The van der Waals surface area contributed by atoms with Gasteiger partial charge >= 0.3 is 0 Å². The number of amides is 2. The van der Waals surface area contributed by atoms with Gasteiger partial charge in [-0.05, 0) is 54.9 Å². The van der Waals surface area contributed by atoms with Gasteiger partial charge in [0.25, 0.3) is 11.1 Å². The van der Waals surface area contributed by atoms with E-state index in [2.05, 4.69) is 19.1 Å². The zero-order chi connectivity index (χ0) is 17.8. The van der Waals surface area contributed by atoms with Gasteiger partial charge in [0, 0.05) is 6.54 Å². The first kappa shape index (κ1) is 17.3. The van der Waals surface area contributed by atoms with E-state index in [1.54, 1.807) is 13.0 Å². The van der Waals surface area contributed by atoms with Gasteiger partial charge in [0.1, 0.15) is 12.4 Å². The molecule has 2 aromatic carbocycles. The van der Waals surface area contributed by atoms with Gasteiger partial charge in [-0.25, -0.2) is 0 Å². The van der Waals surface area contributed by atoms with Gasteiger partial charge in [0.15, 0.2) is 0 Å². The summed E-state index contributed by atoms with van der Waals surface area (Å²) in [5.41, 5.74) is 3.19.